The zero-order chi connectivity index (χ0) is 3.41. The molecule has 0 saturated heterocycles. The van der Waals surface area contributed by atoms with Gasteiger partial charge in [0.05, 0.1) is 0 Å². The van der Waals surface area contributed by atoms with Gasteiger partial charge in [-0.2, -0.15) is 0 Å². The lowest BCUT2D eigenvalue weighted by Crippen LogP contribution is -1.47. The van der Waals surface area contributed by atoms with E-state index in [9.17, 15) is 0 Å². The van der Waals surface area contributed by atoms with Crippen molar-refractivity contribution in [2.45, 2.75) is 26.7 Å². The van der Waals surface area contributed by atoms with Crippen molar-refractivity contribution in [2.75, 3.05) is 0 Å². The molecule has 48 valence electrons. The standard InChI is InChI=1S/C4H10.Al.2ClH.3H/c1-3-4-2;;;;;;/h3-4H2,1-2H3;;2*1H;;;. The molecule has 0 bridgehead atoms. The van der Waals surface area contributed by atoms with Gasteiger partial charge in [-0.3, -0.25) is 0 Å². The summed E-state index contributed by atoms with van der Waals surface area (Å²) in [5, 5.41) is 0. The highest BCUT2D eigenvalue weighted by atomic mass is 35.5. The summed E-state index contributed by atoms with van der Waals surface area (Å²) in [6.45, 7) is 4.36. The second kappa shape index (κ2) is 27.4. The Morgan fingerprint density at radius 2 is 1.00 bits per heavy atom. The monoisotopic (exact) mass is 160 g/mol. The average molecular weight is 161 g/mol. The molecule has 0 aliphatic rings. The highest BCUT2D eigenvalue weighted by molar-refractivity contribution is 5.85. The Morgan fingerprint density at radius 1 is 0.857 bits per heavy atom. The normalized spacial score (nSPS) is 4.29. The second-order valence-electron chi connectivity index (χ2n) is 1.000. The van der Waals surface area contributed by atoms with Gasteiger partial charge in [0.15, 0.2) is 17.4 Å². The topological polar surface area (TPSA) is 0 Å². The van der Waals surface area contributed by atoms with Crippen LogP contribution in [-0.4, -0.2) is 17.4 Å². The van der Waals surface area contributed by atoms with Gasteiger partial charge in [-0.1, -0.05) is 26.7 Å². The van der Waals surface area contributed by atoms with Gasteiger partial charge >= 0.3 is 0 Å². The van der Waals surface area contributed by atoms with E-state index in [-0.39, 0.29) is 42.2 Å². The minimum Gasteiger partial charge on any atom is -0.147 e. The van der Waals surface area contributed by atoms with E-state index < -0.39 is 0 Å². The number of unbranched alkanes of at least 4 members (excludes halogenated alkanes) is 1. The lowest BCUT2D eigenvalue weighted by Gasteiger charge is -1.68. The maximum atomic E-state index is 2.18. The zero-order valence-electron chi connectivity index (χ0n) is 4.23. The molecule has 0 aromatic heterocycles. The first-order valence-corrected chi connectivity index (χ1v) is 1.91. The van der Waals surface area contributed by atoms with Crippen molar-refractivity contribution in [2.24, 2.45) is 0 Å². The third kappa shape index (κ3) is 41.7. The van der Waals surface area contributed by atoms with E-state index in [1.54, 1.807) is 0 Å². The molecule has 0 aromatic carbocycles. The Hall–Kier alpha value is 1.11. The SMILES string of the molecule is CCCC.Cl.Cl.[AlH3]. The summed E-state index contributed by atoms with van der Waals surface area (Å²) in [5.41, 5.74) is 0. The molecule has 0 fully saturated rings. The predicted molar refractivity (Wildman–Crippen MR) is 45.0 cm³/mol. The van der Waals surface area contributed by atoms with Gasteiger partial charge in [-0.15, -0.1) is 24.8 Å². The molecule has 0 aliphatic heterocycles. The summed E-state index contributed by atoms with van der Waals surface area (Å²) in [6.07, 6.45) is 2.64. The molecule has 0 spiro atoms. The fraction of sp³-hybridized carbons (Fsp3) is 1.00. The van der Waals surface area contributed by atoms with Crippen LogP contribution in [-0.2, 0) is 0 Å². The van der Waals surface area contributed by atoms with Gasteiger partial charge in [0, 0.05) is 0 Å². The van der Waals surface area contributed by atoms with Gasteiger partial charge in [-0.25, -0.2) is 0 Å². The molecule has 0 atom stereocenters. The number of hydrogen-bond acceptors (Lipinski definition) is 0. The maximum absolute atomic E-state index is 2.18. The molecular formula is C4H15AlCl2. The van der Waals surface area contributed by atoms with Crippen LogP contribution in [0.4, 0.5) is 0 Å². The van der Waals surface area contributed by atoms with Crippen LogP contribution in [0.2, 0.25) is 0 Å². The quantitative estimate of drug-likeness (QED) is 0.511. The number of halogens is 2. The third-order valence-electron chi connectivity index (χ3n) is 0.500. The number of hydrogen-bond donors (Lipinski definition) is 0. The van der Waals surface area contributed by atoms with Crippen LogP contribution in [0.3, 0.4) is 0 Å². The van der Waals surface area contributed by atoms with Crippen molar-refractivity contribution in [1.82, 2.24) is 0 Å². The van der Waals surface area contributed by atoms with Gasteiger partial charge < -0.3 is 0 Å². The van der Waals surface area contributed by atoms with Crippen LogP contribution in [0.15, 0.2) is 0 Å². The molecule has 0 aliphatic carbocycles. The fourth-order valence-electron chi connectivity index (χ4n) is 0. The zero-order valence-corrected chi connectivity index (χ0v) is 5.86. The Labute approximate surface area is 69.0 Å². The number of rotatable bonds is 1. The fourth-order valence-corrected chi connectivity index (χ4v) is 0. The van der Waals surface area contributed by atoms with Gasteiger partial charge in [0.25, 0.3) is 0 Å². The van der Waals surface area contributed by atoms with E-state index in [1.807, 2.05) is 0 Å². The van der Waals surface area contributed by atoms with E-state index in [0.717, 1.165) is 0 Å². The van der Waals surface area contributed by atoms with E-state index in [4.69, 9.17) is 0 Å². The second-order valence-corrected chi connectivity index (χ2v) is 1.000. The summed E-state index contributed by atoms with van der Waals surface area (Å²) < 4.78 is 0. The van der Waals surface area contributed by atoms with Crippen molar-refractivity contribution in [3.63, 3.8) is 0 Å². The molecule has 7 heavy (non-hydrogen) atoms. The Balaban J connectivity index is -0.0000000150. The third-order valence-corrected chi connectivity index (χ3v) is 0.500. The summed E-state index contributed by atoms with van der Waals surface area (Å²) in [5.74, 6) is 0. The average Bonchev–Trinajstić information content (AvgIpc) is 1.37. The van der Waals surface area contributed by atoms with Crippen molar-refractivity contribution >= 4 is 42.2 Å². The van der Waals surface area contributed by atoms with E-state index in [2.05, 4.69) is 13.8 Å². The van der Waals surface area contributed by atoms with Crippen LogP contribution >= 0.6 is 24.8 Å². The minimum atomic E-state index is 0. The Kier molecular flexibility index (Phi) is 95.1. The molecule has 0 nitrogen and oxygen atoms in total. The Morgan fingerprint density at radius 3 is 1.00 bits per heavy atom. The van der Waals surface area contributed by atoms with Crippen molar-refractivity contribution in [3.05, 3.63) is 0 Å². The predicted octanol–water partition coefficient (Wildman–Crippen LogP) is 1.47. The van der Waals surface area contributed by atoms with Crippen molar-refractivity contribution < 1.29 is 0 Å². The highest BCUT2D eigenvalue weighted by Crippen LogP contribution is 1.76. The van der Waals surface area contributed by atoms with E-state index >= 15 is 0 Å². The molecule has 0 rings (SSSR count). The summed E-state index contributed by atoms with van der Waals surface area (Å²) >= 11 is 0. The summed E-state index contributed by atoms with van der Waals surface area (Å²) in [6, 6.07) is 0. The van der Waals surface area contributed by atoms with Gasteiger partial charge in [-0.05, 0) is 0 Å². The lowest BCUT2D eigenvalue weighted by atomic mass is 10.4. The molecule has 0 saturated carbocycles. The lowest BCUT2D eigenvalue weighted by molar-refractivity contribution is 0.886. The first-order chi connectivity index (χ1) is 1.91. The van der Waals surface area contributed by atoms with Gasteiger partial charge in [0.2, 0.25) is 0 Å². The molecule has 0 radical (unpaired) electrons. The first kappa shape index (κ1) is 24.3. The smallest absolute Gasteiger partial charge is 0.147 e. The van der Waals surface area contributed by atoms with Crippen LogP contribution in [0, 0.1) is 0 Å². The molecule has 0 aromatic rings. The van der Waals surface area contributed by atoms with Crippen molar-refractivity contribution in [3.8, 4) is 0 Å². The summed E-state index contributed by atoms with van der Waals surface area (Å²) in [4.78, 5) is 0. The molecule has 0 heterocycles. The van der Waals surface area contributed by atoms with E-state index in [1.165, 1.54) is 12.8 Å². The van der Waals surface area contributed by atoms with Crippen LogP contribution < -0.4 is 0 Å². The highest BCUT2D eigenvalue weighted by Gasteiger charge is 1.56. The van der Waals surface area contributed by atoms with Gasteiger partial charge in [0.1, 0.15) is 0 Å². The van der Waals surface area contributed by atoms with Crippen LogP contribution in [0.1, 0.15) is 26.7 Å². The van der Waals surface area contributed by atoms with E-state index in [0.29, 0.717) is 0 Å². The van der Waals surface area contributed by atoms with Crippen LogP contribution in [0.25, 0.3) is 0 Å². The molecule has 3 heteroatoms. The Bertz CT molecular complexity index is 11.7. The first-order valence-electron chi connectivity index (χ1n) is 1.91. The molecular weight excluding hydrogens is 146 g/mol. The largest absolute Gasteiger partial charge is 0.187 e. The molecule has 0 N–H and O–H groups in total. The van der Waals surface area contributed by atoms with Crippen molar-refractivity contribution in [1.29, 1.82) is 0 Å². The molecule has 0 amide bonds. The van der Waals surface area contributed by atoms with Crippen LogP contribution in [0.5, 0.6) is 0 Å². The molecule has 0 unspecified atom stereocenters. The summed E-state index contributed by atoms with van der Waals surface area (Å²) in [7, 11) is 0. The maximum Gasteiger partial charge on any atom is 0.187 e. The minimum absolute atomic E-state index is 0.